The van der Waals surface area contributed by atoms with Gasteiger partial charge in [-0.25, -0.2) is 4.79 Å². The molecule has 1 aromatic carbocycles. The molecule has 6 nitrogen and oxygen atoms in total. The van der Waals surface area contributed by atoms with Crippen LogP contribution >= 0.6 is 0 Å². The van der Waals surface area contributed by atoms with Gasteiger partial charge in [-0.05, 0) is 18.6 Å². The van der Waals surface area contributed by atoms with Crippen LogP contribution in [0.4, 0.5) is 0 Å². The Hall–Kier alpha value is -1.95. The first-order chi connectivity index (χ1) is 8.45. The number of phenolic OH excluding ortho intramolecular Hbond substituents is 3. The van der Waals surface area contributed by atoms with E-state index in [1.807, 2.05) is 6.92 Å². The largest absolute Gasteiger partial charge is 0.504 e. The number of phenols is 3. The third-order valence-corrected chi connectivity index (χ3v) is 2.46. The minimum atomic E-state index is -0.746. The second kappa shape index (κ2) is 6.11. The van der Waals surface area contributed by atoms with Gasteiger partial charge in [0.1, 0.15) is 0 Å². The number of hydrogen-bond acceptors (Lipinski definition) is 6. The fraction of sp³-hybridized carbons (Fsp3) is 0.417. The number of ether oxygens (including phenoxy) is 1. The number of carbonyl (C=O) groups is 1. The van der Waals surface area contributed by atoms with Crippen LogP contribution in [-0.2, 0) is 4.74 Å². The van der Waals surface area contributed by atoms with E-state index in [0.717, 1.165) is 12.1 Å². The highest BCUT2D eigenvalue weighted by atomic mass is 16.5. The van der Waals surface area contributed by atoms with Gasteiger partial charge in [-0.2, -0.15) is 0 Å². The number of esters is 1. The fourth-order valence-corrected chi connectivity index (χ4v) is 1.30. The van der Waals surface area contributed by atoms with Crippen LogP contribution in [-0.4, -0.2) is 39.1 Å². The molecule has 18 heavy (non-hydrogen) atoms. The van der Waals surface area contributed by atoms with E-state index in [1.165, 1.54) is 0 Å². The van der Waals surface area contributed by atoms with Crippen molar-refractivity contribution in [3.63, 3.8) is 0 Å². The molecular formula is C12H16O6. The van der Waals surface area contributed by atoms with Gasteiger partial charge in [0, 0.05) is 6.42 Å². The van der Waals surface area contributed by atoms with Crippen molar-refractivity contribution < 1.29 is 30.0 Å². The first-order valence-electron chi connectivity index (χ1n) is 5.55. The minimum Gasteiger partial charge on any atom is -0.504 e. The van der Waals surface area contributed by atoms with Crippen LogP contribution in [0.25, 0.3) is 0 Å². The van der Waals surface area contributed by atoms with Crippen molar-refractivity contribution in [1.82, 2.24) is 0 Å². The SMILES string of the molecule is CCC(O)CCOC(=O)c1cc(O)c(O)c(O)c1. The number of hydrogen-bond donors (Lipinski definition) is 4. The highest BCUT2D eigenvalue weighted by Crippen LogP contribution is 2.35. The van der Waals surface area contributed by atoms with E-state index in [9.17, 15) is 20.1 Å². The van der Waals surface area contributed by atoms with Gasteiger partial charge in [-0.15, -0.1) is 0 Å². The third kappa shape index (κ3) is 3.53. The van der Waals surface area contributed by atoms with Crippen LogP contribution in [0.2, 0.25) is 0 Å². The number of benzene rings is 1. The fourth-order valence-electron chi connectivity index (χ4n) is 1.30. The molecular weight excluding hydrogens is 240 g/mol. The molecule has 1 rings (SSSR count). The van der Waals surface area contributed by atoms with E-state index in [2.05, 4.69) is 0 Å². The maximum Gasteiger partial charge on any atom is 0.338 e. The normalized spacial score (nSPS) is 12.1. The summed E-state index contributed by atoms with van der Waals surface area (Å²) < 4.78 is 4.85. The van der Waals surface area contributed by atoms with E-state index >= 15 is 0 Å². The maximum atomic E-state index is 11.5. The van der Waals surface area contributed by atoms with Crippen LogP contribution in [0.15, 0.2) is 12.1 Å². The molecule has 0 aliphatic rings. The van der Waals surface area contributed by atoms with Crippen LogP contribution in [0.3, 0.4) is 0 Å². The van der Waals surface area contributed by atoms with E-state index < -0.39 is 29.3 Å². The lowest BCUT2D eigenvalue weighted by molar-refractivity contribution is 0.0427. The summed E-state index contributed by atoms with van der Waals surface area (Å²) in [5, 5.41) is 36.8. The maximum absolute atomic E-state index is 11.5. The molecule has 0 bridgehead atoms. The summed E-state index contributed by atoms with van der Waals surface area (Å²) in [6, 6.07) is 1.99. The molecule has 0 aromatic heterocycles. The zero-order valence-corrected chi connectivity index (χ0v) is 9.96. The summed E-state index contributed by atoms with van der Waals surface area (Å²) in [7, 11) is 0. The Morgan fingerprint density at radius 1 is 1.28 bits per heavy atom. The van der Waals surface area contributed by atoms with Crippen molar-refractivity contribution in [3.8, 4) is 17.2 Å². The molecule has 0 amide bonds. The molecule has 0 aliphatic carbocycles. The molecule has 0 radical (unpaired) electrons. The highest BCUT2D eigenvalue weighted by molar-refractivity contribution is 5.91. The molecule has 0 fully saturated rings. The van der Waals surface area contributed by atoms with E-state index in [-0.39, 0.29) is 12.2 Å². The number of aliphatic hydroxyl groups is 1. The molecule has 0 spiro atoms. The molecule has 6 heteroatoms. The topological polar surface area (TPSA) is 107 Å². The Morgan fingerprint density at radius 2 is 1.83 bits per heavy atom. The average molecular weight is 256 g/mol. The molecule has 100 valence electrons. The van der Waals surface area contributed by atoms with E-state index in [0.29, 0.717) is 12.8 Å². The number of aromatic hydroxyl groups is 3. The Labute approximate surface area is 104 Å². The summed E-state index contributed by atoms with van der Waals surface area (Å²) in [5.74, 6) is -2.64. The van der Waals surface area contributed by atoms with Crippen molar-refractivity contribution in [2.24, 2.45) is 0 Å². The monoisotopic (exact) mass is 256 g/mol. The Bertz CT molecular complexity index is 406. The molecule has 0 heterocycles. The van der Waals surface area contributed by atoms with Crippen LogP contribution < -0.4 is 0 Å². The van der Waals surface area contributed by atoms with Crippen molar-refractivity contribution >= 4 is 5.97 Å². The average Bonchev–Trinajstić information content (AvgIpc) is 2.34. The number of aliphatic hydroxyl groups excluding tert-OH is 1. The van der Waals surface area contributed by atoms with E-state index in [4.69, 9.17) is 9.84 Å². The molecule has 0 saturated heterocycles. The van der Waals surface area contributed by atoms with Gasteiger partial charge in [0.05, 0.1) is 18.3 Å². The minimum absolute atomic E-state index is 0.0379. The first-order valence-corrected chi connectivity index (χ1v) is 5.55. The molecule has 1 atom stereocenters. The van der Waals surface area contributed by atoms with Crippen LogP contribution in [0, 0.1) is 0 Å². The zero-order valence-electron chi connectivity index (χ0n) is 9.96. The van der Waals surface area contributed by atoms with Crippen LogP contribution in [0.5, 0.6) is 17.2 Å². The molecule has 4 N–H and O–H groups in total. The summed E-state index contributed by atoms with van der Waals surface area (Å²) in [5.41, 5.74) is -0.0752. The molecule has 1 unspecified atom stereocenters. The van der Waals surface area contributed by atoms with Gasteiger partial charge in [0.25, 0.3) is 0 Å². The van der Waals surface area contributed by atoms with E-state index in [1.54, 1.807) is 0 Å². The lowest BCUT2D eigenvalue weighted by Gasteiger charge is -2.09. The quantitative estimate of drug-likeness (QED) is 0.464. The standard InChI is InChI=1S/C12H16O6/c1-2-8(13)3-4-18-12(17)7-5-9(14)11(16)10(15)6-7/h5-6,8,13-16H,2-4H2,1H3. The zero-order chi connectivity index (χ0) is 13.7. The van der Waals surface area contributed by atoms with Crippen LogP contribution in [0.1, 0.15) is 30.1 Å². The van der Waals surface area contributed by atoms with Gasteiger partial charge in [-0.3, -0.25) is 0 Å². The van der Waals surface area contributed by atoms with Crippen molar-refractivity contribution in [2.75, 3.05) is 6.61 Å². The number of rotatable bonds is 5. The Balaban J connectivity index is 2.62. The Morgan fingerprint density at radius 3 is 2.33 bits per heavy atom. The summed E-state index contributed by atoms with van der Waals surface area (Å²) in [4.78, 5) is 11.5. The predicted molar refractivity (Wildman–Crippen MR) is 62.6 cm³/mol. The van der Waals surface area contributed by atoms with Gasteiger partial charge in [0.15, 0.2) is 17.2 Å². The Kier molecular flexibility index (Phi) is 4.79. The van der Waals surface area contributed by atoms with Crippen molar-refractivity contribution in [2.45, 2.75) is 25.9 Å². The third-order valence-electron chi connectivity index (χ3n) is 2.46. The van der Waals surface area contributed by atoms with Crippen molar-refractivity contribution in [3.05, 3.63) is 17.7 Å². The number of carbonyl (C=O) groups excluding carboxylic acids is 1. The first kappa shape index (κ1) is 14.1. The van der Waals surface area contributed by atoms with Gasteiger partial charge in [0.2, 0.25) is 0 Å². The smallest absolute Gasteiger partial charge is 0.338 e. The molecule has 0 aliphatic heterocycles. The van der Waals surface area contributed by atoms with Gasteiger partial charge >= 0.3 is 5.97 Å². The summed E-state index contributed by atoms with van der Waals surface area (Å²) in [6.07, 6.45) is 0.357. The predicted octanol–water partition coefficient (Wildman–Crippen LogP) is 1.12. The lowest BCUT2D eigenvalue weighted by Crippen LogP contribution is -2.12. The van der Waals surface area contributed by atoms with Gasteiger partial charge < -0.3 is 25.2 Å². The summed E-state index contributed by atoms with van der Waals surface area (Å²) >= 11 is 0. The second-order valence-corrected chi connectivity index (χ2v) is 3.85. The lowest BCUT2D eigenvalue weighted by atomic mass is 10.2. The van der Waals surface area contributed by atoms with Crippen molar-refractivity contribution in [1.29, 1.82) is 0 Å². The van der Waals surface area contributed by atoms with Gasteiger partial charge in [-0.1, -0.05) is 6.92 Å². The molecule has 1 aromatic rings. The highest BCUT2D eigenvalue weighted by Gasteiger charge is 2.14. The summed E-state index contributed by atoms with van der Waals surface area (Å²) in [6.45, 7) is 1.85. The second-order valence-electron chi connectivity index (χ2n) is 3.85. The molecule has 0 saturated carbocycles.